The highest BCUT2D eigenvalue weighted by atomic mass is 32.1. The maximum Gasteiger partial charge on any atom is 0.337 e. The van der Waals surface area contributed by atoms with Crippen LogP contribution in [-0.4, -0.2) is 18.1 Å². The summed E-state index contributed by atoms with van der Waals surface area (Å²) in [6.07, 6.45) is 2.89. The number of benzene rings is 2. The minimum Gasteiger partial charge on any atom is -0.478 e. The lowest BCUT2D eigenvalue weighted by atomic mass is 9.75. The highest BCUT2D eigenvalue weighted by Gasteiger charge is 2.34. The quantitative estimate of drug-likeness (QED) is 0.546. The Hall–Kier alpha value is -2.43. The van der Waals surface area contributed by atoms with Crippen molar-refractivity contribution in [2.75, 3.05) is 7.05 Å². The molecule has 4 rings (SSSR count). The van der Waals surface area contributed by atoms with Gasteiger partial charge in [0.05, 0.1) is 10.4 Å². The van der Waals surface area contributed by atoms with Gasteiger partial charge in [0.2, 0.25) is 0 Å². The van der Waals surface area contributed by atoms with E-state index in [2.05, 4.69) is 49.5 Å². The van der Waals surface area contributed by atoms with E-state index in [4.69, 9.17) is 0 Å². The Balaban J connectivity index is 2.00. The van der Waals surface area contributed by atoms with Gasteiger partial charge in [-0.15, -0.1) is 11.3 Å². The molecule has 1 aromatic heterocycles. The van der Waals surface area contributed by atoms with Gasteiger partial charge in [-0.05, 0) is 54.0 Å². The first-order chi connectivity index (χ1) is 13.9. The van der Waals surface area contributed by atoms with Crippen LogP contribution in [0.4, 0.5) is 0 Å². The van der Waals surface area contributed by atoms with Crippen LogP contribution >= 0.6 is 11.3 Å². The van der Waals surface area contributed by atoms with Crippen LogP contribution in [0.5, 0.6) is 0 Å². The van der Waals surface area contributed by atoms with Crippen LogP contribution in [0.25, 0.3) is 21.6 Å². The van der Waals surface area contributed by atoms with E-state index in [0.29, 0.717) is 12.1 Å². The summed E-state index contributed by atoms with van der Waals surface area (Å²) in [5.41, 5.74) is 6.10. The zero-order valence-corrected chi connectivity index (χ0v) is 18.0. The molecular weight excluding hydrogens is 378 g/mol. The Morgan fingerprint density at radius 1 is 1.14 bits per heavy atom. The van der Waals surface area contributed by atoms with Crippen LogP contribution in [0, 0.1) is 5.41 Å². The Labute approximate surface area is 176 Å². The number of carboxylic acid groups (broad SMARTS) is 1. The number of hydrogen-bond acceptors (Lipinski definition) is 3. The average Bonchev–Trinajstić information content (AvgIpc) is 3.06. The van der Waals surface area contributed by atoms with E-state index in [1.807, 2.05) is 25.2 Å². The topological polar surface area (TPSA) is 49.3 Å². The summed E-state index contributed by atoms with van der Waals surface area (Å²) in [7, 11) is 1.93. The molecule has 0 fully saturated rings. The van der Waals surface area contributed by atoms with Crippen LogP contribution in [0.2, 0.25) is 0 Å². The molecule has 1 aliphatic rings. The van der Waals surface area contributed by atoms with Gasteiger partial charge in [-0.25, -0.2) is 4.79 Å². The van der Waals surface area contributed by atoms with E-state index >= 15 is 0 Å². The molecule has 0 aliphatic heterocycles. The predicted molar refractivity (Wildman–Crippen MR) is 121 cm³/mol. The Morgan fingerprint density at radius 3 is 2.59 bits per heavy atom. The molecule has 150 valence electrons. The number of thiophene rings is 1. The largest absolute Gasteiger partial charge is 0.478 e. The van der Waals surface area contributed by atoms with Crippen LogP contribution in [0.15, 0.2) is 48.5 Å². The number of aryl methyl sites for hydroxylation is 1. The second kappa shape index (κ2) is 7.77. The van der Waals surface area contributed by atoms with Crippen molar-refractivity contribution in [3.63, 3.8) is 0 Å². The maximum atomic E-state index is 12.4. The normalized spacial score (nSPS) is 15.1. The second-order valence-corrected chi connectivity index (χ2v) is 9.70. The van der Waals surface area contributed by atoms with Crippen molar-refractivity contribution in [2.45, 2.75) is 39.7 Å². The summed E-state index contributed by atoms with van der Waals surface area (Å²) < 4.78 is 0. The molecule has 3 nitrogen and oxygen atoms in total. The number of fused-ring (bicyclic) bond motifs is 1. The Bertz CT molecular complexity index is 1050. The molecule has 0 saturated carbocycles. The minimum atomic E-state index is -0.812. The SMILES string of the molecule is CNCc1cccc(-c2ccccc2)c1-c1sc2c(c1C(=O)O)CC(C)(C)CC2. The smallest absolute Gasteiger partial charge is 0.337 e. The number of nitrogens with one attached hydrogen (secondary N) is 1. The highest BCUT2D eigenvalue weighted by Crippen LogP contribution is 2.48. The molecule has 0 bridgehead atoms. The predicted octanol–water partition coefficient (Wildman–Crippen LogP) is 6.01. The summed E-state index contributed by atoms with van der Waals surface area (Å²) in [6, 6.07) is 16.5. The fraction of sp³-hybridized carbons (Fsp3) is 0.320. The van der Waals surface area contributed by atoms with Gasteiger partial charge in [0, 0.05) is 17.0 Å². The van der Waals surface area contributed by atoms with Crippen LogP contribution in [0.1, 0.15) is 46.6 Å². The molecule has 2 N–H and O–H groups in total. The van der Waals surface area contributed by atoms with Crippen LogP contribution in [-0.2, 0) is 19.4 Å². The summed E-state index contributed by atoms with van der Waals surface area (Å²) in [5, 5.41) is 13.5. The van der Waals surface area contributed by atoms with E-state index in [9.17, 15) is 9.90 Å². The lowest BCUT2D eigenvalue weighted by Gasteiger charge is -2.29. The first-order valence-electron chi connectivity index (χ1n) is 10.1. The molecule has 0 spiro atoms. The molecule has 0 atom stereocenters. The third-order valence-electron chi connectivity index (χ3n) is 5.82. The van der Waals surface area contributed by atoms with E-state index < -0.39 is 5.97 Å². The van der Waals surface area contributed by atoms with Crippen molar-refractivity contribution in [2.24, 2.45) is 5.41 Å². The Kier molecular flexibility index (Phi) is 5.32. The standard InChI is InChI=1S/C25H27NO2S/c1-25(2)13-12-20-19(14-25)22(24(27)28)23(29-20)21-17(15-26-3)10-7-11-18(21)16-8-5-4-6-9-16/h4-11,26H,12-15H2,1-3H3,(H,27,28). The monoisotopic (exact) mass is 405 g/mol. The van der Waals surface area contributed by atoms with Crippen molar-refractivity contribution in [3.05, 3.63) is 70.1 Å². The fourth-order valence-corrected chi connectivity index (χ4v) is 5.79. The molecule has 1 heterocycles. The van der Waals surface area contributed by atoms with E-state index in [1.165, 1.54) is 4.88 Å². The number of carboxylic acids is 1. The van der Waals surface area contributed by atoms with E-state index in [-0.39, 0.29) is 5.41 Å². The lowest BCUT2D eigenvalue weighted by Crippen LogP contribution is -2.22. The molecule has 3 aromatic rings. The maximum absolute atomic E-state index is 12.4. The molecule has 0 radical (unpaired) electrons. The van der Waals surface area contributed by atoms with Crippen molar-refractivity contribution < 1.29 is 9.90 Å². The summed E-state index contributed by atoms with van der Waals surface area (Å²) in [4.78, 5) is 14.6. The molecule has 4 heteroatoms. The first kappa shape index (κ1) is 19.9. The number of carbonyl (C=O) groups is 1. The van der Waals surface area contributed by atoms with Crippen molar-refractivity contribution >= 4 is 17.3 Å². The molecule has 0 unspecified atom stereocenters. The second-order valence-electron chi connectivity index (χ2n) is 8.59. The van der Waals surface area contributed by atoms with Crippen molar-refractivity contribution in [1.29, 1.82) is 0 Å². The summed E-state index contributed by atoms with van der Waals surface area (Å²) in [5.74, 6) is -0.812. The molecule has 0 amide bonds. The first-order valence-corrected chi connectivity index (χ1v) is 10.9. The fourth-order valence-electron chi connectivity index (χ4n) is 4.39. The summed E-state index contributed by atoms with van der Waals surface area (Å²) >= 11 is 1.68. The average molecular weight is 406 g/mol. The third kappa shape index (κ3) is 3.75. The minimum absolute atomic E-state index is 0.141. The van der Waals surface area contributed by atoms with Gasteiger partial charge in [0.25, 0.3) is 0 Å². The molecular formula is C25H27NO2S. The number of hydrogen-bond donors (Lipinski definition) is 2. The third-order valence-corrected chi connectivity index (χ3v) is 7.13. The van der Waals surface area contributed by atoms with Crippen LogP contribution in [0.3, 0.4) is 0 Å². The highest BCUT2D eigenvalue weighted by molar-refractivity contribution is 7.16. The molecule has 29 heavy (non-hydrogen) atoms. The van der Waals surface area contributed by atoms with Crippen molar-refractivity contribution in [3.8, 4) is 21.6 Å². The van der Waals surface area contributed by atoms with Gasteiger partial charge in [-0.1, -0.05) is 62.4 Å². The molecule has 2 aromatic carbocycles. The Morgan fingerprint density at radius 2 is 1.90 bits per heavy atom. The van der Waals surface area contributed by atoms with Gasteiger partial charge in [-0.3, -0.25) is 0 Å². The molecule has 1 aliphatic carbocycles. The van der Waals surface area contributed by atoms with Gasteiger partial charge >= 0.3 is 5.97 Å². The number of rotatable bonds is 5. The van der Waals surface area contributed by atoms with Crippen LogP contribution < -0.4 is 5.32 Å². The summed E-state index contributed by atoms with van der Waals surface area (Å²) in [6.45, 7) is 5.18. The lowest BCUT2D eigenvalue weighted by molar-refractivity contribution is 0.0696. The molecule has 0 saturated heterocycles. The zero-order chi connectivity index (χ0) is 20.6. The van der Waals surface area contributed by atoms with Gasteiger partial charge in [-0.2, -0.15) is 0 Å². The van der Waals surface area contributed by atoms with Gasteiger partial charge < -0.3 is 10.4 Å². The van der Waals surface area contributed by atoms with Crippen molar-refractivity contribution in [1.82, 2.24) is 5.32 Å². The van der Waals surface area contributed by atoms with E-state index in [1.54, 1.807) is 11.3 Å². The zero-order valence-electron chi connectivity index (χ0n) is 17.2. The van der Waals surface area contributed by atoms with Gasteiger partial charge in [0.15, 0.2) is 0 Å². The number of aromatic carboxylic acids is 1. The van der Waals surface area contributed by atoms with E-state index in [0.717, 1.165) is 52.0 Å². The van der Waals surface area contributed by atoms with Gasteiger partial charge in [0.1, 0.15) is 0 Å².